The Morgan fingerprint density at radius 3 is 2.55 bits per heavy atom. The Morgan fingerprint density at radius 1 is 1.35 bits per heavy atom. The van der Waals surface area contributed by atoms with E-state index in [1.807, 2.05) is 30.0 Å². The van der Waals surface area contributed by atoms with E-state index in [-0.39, 0.29) is 5.91 Å². The zero-order valence-corrected chi connectivity index (χ0v) is 13.8. The second kappa shape index (κ2) is 6.65. The number of carbonyl (C=O) groups excluding carboxylic acids is 1. The summed E-state index contributed by atoms with van der Waals surface area (Å²) in [6.45, 7) is 5.68. The van der Waals surface area contributed by atoms with Crippen LogP contribution in [0.3, 0.4) is 0 Å². The maximum atomic E-state index is 12.5. The number of nitrogens with two attached hydrogens (primary N) is 1. The highest BCUT2D eigenvalue weighted by Gasteiger charge is 2.23. The van der Waals surface area contributed by atoms with Gasteiger partial charge in [-0.3, -0.25) is 9.69 Å². The summed E-state index contributed by atoms with van der Waals surface area (Å²) in [6, 6.07) is 5.81. The first-order chi connectivity index (χ1) is 9.47. The lowest BCUT2D eigenvalue weighted by Gasteiger charge is -2.34. The molecule has 1 aromatic rings. The fourth-order valence-electron chi connectivity index (χ4n) is 2.29. The lowest BCUT2D eigenvalue weighted by Crippen LogP contribution is -2.50. The van der Waals surface area contributed by atoms with Crippen molar-refractivity contribution >= 4 is 39.0 Å². The molecule has 4 nitrogen and oxygen atoms in total. The van der Waals surface area contributed by atoms with Crippen LogP contribution in [0.5, 0.6) is 0 Å². The van der Waals surface area contributed by atoms with Crippen molar-refractivity contribution in [3.63, 3.8) is 0 Å². The number of piperazine rings is 1. The van der Waals surface area contributed by atoms with E-state index in [2.05, 4.69) is 20.8 Å². The molecule has 0 radical (unpaired) electrons. The van der Waals surface area contributed by atoms with Gasteiger partial charge in [0.2, 0.25) is 0 Å². The normalized spacial score (nSPS) is 16.2. The summed E-state index contributed by atoms with van der Waals surface area (Å²) in [4.78, 5) is 17.1. The molecule has 1 heterocycles. The van der Waals surface area contributed by atoms with Crippen molar-refractivity contribution in [3.05, 3.63) is 33.8 Å². The maximum absolute atomic E-state index is 12.5. The number of aryl methyl sites for hydroxylation is 1. The third-order valence-corrected chi connectivity index (χ3v) is 4.18. The molecule has 1 amide bonds. The van der Waals surface area contributed by atoms with Crippen LogP contribution in [0.25, 0.3) is 0 Å². The van der Waals surface area contributed by atoms with Gasteiger partial charge in [0.25, 0.3) is 5.91 Å². The Hall–Kier alpha value is -0.980. The Labute approximate surface area is 133 Å². The van der Waals surface area contributed by atoms with E-state index in [1.165, 1.54) is 0 Å². The summed E-state index contributed by atoms with van der Waals surface area (Å²) < 4.78 is 0.855. The van der Waals surface area contributed by atoms with E-state index < -0.39 is 0 Å². The summed E-state index contributed by atoms with van der Waals surface area (Å²) in [5, 5.41) is 0. The van der Waals surface area contributed by atoms with Crippen LogP contribution in [0.4, 0.5) is 0 Å². The van der Waals surface area contributed by atoms with Crippen LogP contribution < -0.4 is 5.73 Å². The van der Waals surface area contributed by atoms with Gasteiger partial charge in [-0.25, -0.2) is 0 Å². The minimum atomic E-state index is 0.0758. The van der Waals surface area contributed by atoms with Crippen LogP contribution >= 0.6 is 28.1 Å². The average molecular weight is 356 g/mol. The van der Waals surface area contributed by atoms with Gasteiger partial charge in [-0.1, -0.05) is 18.3 Å². The molecule has 1 fully saturated rings. The number of halogens is 1. The summed E-state index contributed by atoms with van der Waals surface area (Å²) in [7, 11) is 0. The predicted molar refractivity (Wildman–Crippen MR) is 88.0 cm³/mol. The third kappa shape index (κ3) is 3.77. The number of benzene rings is 1. The zero-order valence-electron chi connectivity index (χ0n) is 11.4. The lowest BCUT2D eigenvalue weighted by atomic mass is 10.1. The molecule has 2 N–H and O–H groups in total. The van der Waals surface area contributed by atoms with Gasteiger partial charge < -0.3 is 10.6 Å². The predicted octanol–water partition coefficient (Wildman–Crippen LogP) is 1.80. The van der Waals surface area contributed by atoms with Crippen molar-refractivity contribution in [1.82, 2.24) is 9.80 Å². The van der Waals surface area contributed by atoms with Crippen molar-refractivity contribution in [3.8, 4) is 0 Å². The molecule has 2 rings (SSSR count). The maximum Gasteiger partial charge on any atom is 0.255 e. The van der Waals surface area contributed by atoms with Crippen LogP contribution in [0, 0.1) is 6.92 Å². The minimum Gasteiger partial charge on any atom is -0.392 e. The molecular weight excluding hydrogens is 338 g/mol. The van der Waals surface area contributed by atoms with Crippen molar-refractivity contribution in [1.29, 1.82) is 0 Å². The molecule has 0 aromatic heterocycles. The van der Waals surface area contributed by atoms with Gasteiger partial charge in [0, 0.05) is 37.2 Å². The first-order valence-electron chi connectivity index (χ1n) is 6.53. The molecule has 20 heavy (non-hydrogen) atoms. The molecule has 108 valence electrons. The fraction of sp³-hybridized carbons (Fsp3) is 0.429. The summed E-state index contributed by atoms with van der Waals surface area (Å²) >= 11 is 8.38. The number of hydrogen-bond acceptors (Lipinski definition) is 3. The largest absolute Gasteiger partial charge is 0.392 e. The summed E-state index contributed by atoms with van der Waals surface area (Å²) in [6.07, 6.45) is 0. The van der Waals surface area contributed by atoms with Crippen LogP contribution in [-0.2, 0) is 0 Å². The molecule has 1 aromatic carbocycles. The van der Waals surface area contributed by atoms with E-state index in [1.54, 1.807) is 0 Å². The molecule has 0 saturated carbocycles. The highest BCUT2D eigenvalue weighted by atomic mass is 79.9. The number of carbonyl (C=O) groups is 1. The molecule has 0 unspecified atom stereocenters. The van der Waals surface area contributed by atoms with Crippen LogP contribution in [0.15, 0.2) is 22.7 Å². The van der Waals surface area contributed by atoms with Crippen molar-refractivity contribution in [2.75, 3.05) is 32.7 Å². The zero-order chi connectivity index (χ0) is 14.7. The third-order valence-electron chi connectivity index (χ3n) is 3.39. The first kappa shape index (κ1) is 15.4. The first-order valence-corrected chi connectivity index (χ1v) is 7.73. The van der Waals surface area contributed by atoms with E-state index >= 15 is 0 Å². The Kier molecular flexibility index (Phi) is 5.12. The van der Waals surface area contributed by atoms with Gasteiger partial charge >= 0.3 is 0 Å². The van der Waals surface area contributed by atoms with Crippen molar-refractivity contribution in [2.45, 2.75) is 6.92 Å². The van der Waals surface area contributed by atoms with Crippen molar-refractivity contribution < 1.29 is 4.79 Å². The molecule has 6 heteroatoms. The smallest absolute Gasteiger partial charge is 0.255 e. The monoisotopic (exact) mass is 355 g/mol. The molecule has 0 bridgehead atoms. The van der Waals surface area contributed by atoms with Gasteiger partial charge in [-0.15, -0.1) is 0 Å². The van der Waals surface area contributed by atoms with Gasteiger partial charge in [-0.2, -0.15) is 0 Å². The number of rotatable bonds is 3. The molecule has 0 atom stereocenters. The van der Waals surface area contributed by atoms with Gasteiger partial charge in [0.1, 0.15) is 0 Å². The highest BCUT2D eigenvalue weighted by molar-refractivity contribution is 9.10. The van der Waals surface area contributed by atoms with Gasteiger partial charge in [0.05, 0.1) is 10.6 Å². The van der Waals surface area contributed by atoms with E-state index in [0.29, 0.717) is 24.6 Å². The molecule has 1 saturated heterocycles. The van der Waals surface area contributed by atoms with E-state index in [9.17, 15) is 4.79 Å². The summed E-state index contributed by atoms with van der Waals surface area (Å²) in [5.74, 6) is 0.0758. The van der Waals surface area contributed by atoms with Gasteiger partial charge in [-0.05, 0) is 40.5 Å². The Morgan fingerprint density at radius 2 is 2.00 bits per heavy atom. The lowest BCUT2D eigenvalue weighted by molar-refractivity contribution is 0.0653. The second-order valence-electron chi connectivity index (χ2n) is 5.02. The van der Waals surface area contributed by atoms with Crippen LogP contribution in [-0.4, -0.2) is 53.4 Å². The average Bonchev–Trinajstić information content (AvgIpc) is 2.38. The standard InChI is InChI=1S/C14H18BrN3OS/c1-10-2-3-11(12(15)8-10)14(19)18-6-4-17(5-7-18)9-13(16)20/h2-3,8H,4-7,9H2,1H3,(H2,16,20). The van der Waals surface area contributed by atoms with E-state index in [4.69, 9.17) is 18.0 Å². The van der Waals surface area contributed by atoms with E-state index in [0.717, 1.165) is 28.7 Å². The number of thiocarbonyl (C=S) groups is 1. The molecule has 1 aliphatic rings. The quantitative estimate of drug-likeness (QED) is 0.840. The highest BCUT2D eigenvalue weighted by Crippen LogP contribution is 2.20. The molecule has 1 aliphatic heterocycles. The SMILES string of the molecule is Cc1ccc(C(=O)N2CCN(CC(N)=S)CC2)c(Br)c1. The molecular formula is C14H18BrN3OS. The summed E-state index contributed by atoms with van der Waals surface area (Å²) in [5.41, 5.74) is 7.40. The molecule has 0 aliphatic carbocycles. The minimum absolute atomic E-state index is 0.0758. The van der Waals surface area contributed by atoms with Crippen LogP contribution in [0.2, 0.25) is 0 Å². The Bertz CT molecular complexity index is 527. The molecule has 0 spiro atoms. The number of hydrogen-bond donors (Lipinski definition) is 1. The Balaban J connectivity index is 1.99. The second-order valence-corrected chi connectivity index (χ2v) is 6.40. The van der Waals surface area contributed by atoms with Crippen LogP contribution in [0.1, 0.15) is 15.9 Å². The number of amides is 1. The number of nitrogens with zero attached hydrogens (tertiary/aromatic N) is 2. The van der Waals surface area contributed by atoms with Crippen molar-refractivity contribution in [2.24, 2.45) is 5.73 Å². The fourth-order valence-corrected chi connectivity index (χ4v) is 3.14. The topological polar surface area (TPSA) is 49.6 Å². The van der Waals surface area contributed by atoms with Gasteiger partial charge in [0.15, 0.2) is 0 Å².